The van der Waals surface area contributed by atoms with Crippen molar-refractivity contribution in [1.29, 1.82) is 0 Å². The van der Waals surface area contributed by atoms with Crippen LogP contribution in [-0.4, -0.2) is 19.5 Å². The average Bonchev–Trinajstić information content (AvgIpc) is 3.04. The molecule has 106 valence electrons. The summed E-state index contributed by atoms with van der Waals surface area (Å²) in [6.45, 7) is 2.00. The molecule has 0 saturated heterocycles. The van der Waals surface area contributed by atoms with E-state index in [1.165, 1.54) is 0 Å². The number of aromatic nitrogens is 4. The number of hydrogen-bond donors (Lipinski definition) is 1. The molecule has 6 heteroatoms. The molecule has 3 aromatic rings. The Bertz CT molecular complexity index is 692. The van der Waals surface area contributed by atoms with Crippen LogP contribution in [0.2, 0.25) is 0 Å². The number of nitrogens with zero attached hydrogens (tertiary/aromatic N) is 4. The van der Waals surface area contributed by atoms with E-state index in [0.717, 1.165) is 23.6 Å². The van der Waals surface area contributed by atoms with Crippen LogP contribution >= 0.6 is 0 Å². The van der Waals surface area contributed by atoms with Gasteiger partial charge >= 0.3 is 0 Å². The highest BCUT2D eigenvalue weighted by Crippen LogP contribution is 2.18. The highest BCUT2D eigenvalue weighted by molar-refractivity contribution is 5.38. The second kappa shape index (κ2) is 5.70. The fraction of sp³-hybridized carbons (Fsp3) is 0.133. The van der Waals surface area contributed by atoms with Gasteiger partial charge in [-0.15, -0.1) is 0 Å². The van der Waals surface area contributed by atoms with Crippen molar-refractivity contribution in [2.75, 3.05) is 5.32 Å². The van der Waals surface area contributed by atoms with E-state index in [9.17, 15) is 4.39 Å². The molecular formula is C15H14FN5. The summed E-state index contributed by atoms with van der Waals surface area (Å²) in [6.07, 6.45) is 7.67. The van der Waals surface area contributed by atoms with Gasteiger partial charge < -0.3 is 9.88 Å². The van der Waals surface area contributed by atoms with Crippen LogP contribution in [0.15, 0.2) is 55.4 Å². The molecule has 3 rings (SSSR count). The molecule has 1 aromatic carbocycles. The first-order chi connectivity index (χ1) is 10.2. The van der Waals surface area contributed by atoms with Gasteiger partial charge in [0.1, 0.15) is 0 Å². The number of halogens is 1. The van der Waals surface area contributed by atoms with E-state index in [-0.39, 0.29) is 6.04 Å². The van der Waals surface area contributed by atoms with E-state index in [4.69, 9.17) is 0 Å². The molecule has 0 unspecified atom stereocenters. The largest absolute Gasteiger partial charge is 0.348 e. The van der Waals surface area contributed by atoms with Gasteiger partial charge in [-0.3, -0.25) is 0 Å². The molecule has 2 heterocycles. The van der Waals surface area contributed by atoms with Crippen molar-refractivity contribution in [3.05, 3.63) is 66.8 Å². The number of anilines is 1. The Balaban J connectivity index is 1.73. The first-order valence-electron chi connectivity index (χ1n) is 6.55. The third kappa shape index (κ3) is 3.05. The normalized spacial score (nSPS) is 12.1. The summed E-state index contributed by atoms with van der Waals surface area (Å²) in [6, 6.07) is 8.10. The first kappa shape index (κ1) is 13.2. The molecule has 0 aliphatic rings. The van der Waals surface area contributed by atoms with Crippen LogP contribution in [0.25, 0.3) is 5.69 Å². The standard InChI is InChI=1S/C15H14FN5/c1-11(20-15-18-8-13(16)9-19-15)12-2-4-14(5-3-12)21-7-6-17-10-21/h2-11H,1H3,(H,18,19,20)/t11-/m1/s1. The fourth-order valence-corrected chi connectivity index (χ4v) is 2.01. The van der Waals surface area contributed by atoms with Gasteiger partial charge in [-0.2, -0.15) is 0 Å². The molecule has 2 aromatic heterocycles. The zero-order valence-electron chi connectivity index (χ0n) is 11.4. The highest BCUT2D eigenvalue weighted by atomic mass is 19.1. The van der Waals surface area contributed by atoms with Gasteiger partial charge in [-0.05, 0) is 24.6 Å². The summed E-state index contributed by atoms with van der Waals surface area (Å²) in [5, 5.41) is 3.13. The quantitative estimate of drug-likeness (QED) is 0.799. The Morgan fingerprint density at radius 2 is 1.86 bits per heavy atom. The summed E-state index contributed by atoms with van der Waals surface area (Å²) in [7, 11) is 0. The smallest absolute Gasteiger partial charge is 0.223 e. The molecule has 0 saturated carbocycles. The van der Waals surface area contributed by atoms with E-state index in [1.807, 2.05) is 42.0 Å². The van der Waals surface area contributed by atoms with Crippen molar-refractivity contribution in [3.63, 3.8) is 0 Å². The molecule has 21 heavy (non-hydrogen) atoms. The summed E-state index contributed by atoms with van der Waals surface area (Å²) in [5.74, 6) is -0.0412. The maximum Gasteiger partial charge on any atom is 0.223 e. The van der Waals surface area contributed by atoms with Crippen molar-refractivity contribution >= 4 is 5.95 Å². The Morgan fingerprint density at radius 3 is 2.48 bits per heavy atom. The van der Waals surface area contributed by atoms with Gasteiger partial charge in [0.15, 0.2) is 5.82 Å². The van der Waals surface area contributed by atoms with Gasteiger partial charge in [0.25, 0.3) is 0 Å². The lowest BCUT2D eigenvalue weighted by Gasteiger charge is -2.14. The minimum atomic E-state index is -0.446. The molecule has 0 spiro atoms. The molecule has 1 N–H and O–H groups in total. The molecule has 0 aliphatic carbocycles. The molecule has 5 nitrogen and oxygen atoms in total. The van der Waals surface area contributed by atoms with Gasteiger partial charge in [0.05, 0.1) is 24.8 Å². The van der Waals surface area contributed by atoms with Crippen LogP contribution in [0, 0.1) is 5.82 Å². The minimum absolute atomic E-state index is 0.0206. The Morgan fingerprint density at radius 1 is 1.14 bits per heavy atom. The Labute approximate surface area is 121 Å². The fourth-order valence-electron chi connectivity index (χ4n) is 2.01. The average molecular weight is 283 g/mol. The van der Waals surface area contributed by atoms with Crippen LogP contribution in [0.1, 0.15) is 18.5 Å². The Hall–Kier alpha value is -2.76. The zero-order valence-corrected chi connectivity index (χ0v) is 11.4. The molecule has 0 amide bonds. The summed E-state index contributed by atoms with van der Waals surface area (Å²) in [4.78, 5) is 11.8. The van der Waals surface area contributed by atoms with E-state index in [0.29, 0.717) is 5.95 Å². The topological polar surface area (TPSA) is 55.6 Å². The third-order valence-corrected chi connectivity index (χ3v) is 3.16. The van der Waals surface area contributed by atoms with Gasteiger partial charge in [0, 0.05) is 18.1 Å². The predicted octanol–water partition coefficient (Wildman–Crippen LogP) is 2.97. The van der Waals surface area contributed by atoms with Crippen molar-refractivity contribution in [3.8, 4) is 5.69 Å². The SMILES string of the molecule is C[C@@H](Nc1ncc(F)cn1)c1ccc(-n2ccnc2)cc1. The summed E-state index contributed by atoms with van der Waals surface area (Å²) >= 11 is 0. The molecular weight excluding hydrogens is 269 g/mol. The van der Waals surface area contributed by atoms with Crippen molar-refractivity contribution in [2.24, 2.45) is 0 Å². The lowest BCUT2D eigenvalue weighted by atomic mass is 10.1. The molecule has 0 radical (unpaired) electrons. The molecule has 0 fully saturated rings. The maximum absolute atomic E-state index is 12.8. The number of rotatable bonds is 4. The van der Waals surface area contributed by atoms with E-state index in [1.54, 1.807) is 12.5 Å². The number of benzene rings is 1. The second-order valence-corrected chi connectivity index (χ2v) is 4.65. The second-order valence-electron chi connectivity index (χ2n) is 4.65. The van der Waals surface area contributed by atoms with E-state index in [2.05, 4.69) is 20.3 Å². The van der Waals surface area contributed by atoms with Crippen LogP contribution in [0.5, 0.6) is 0 Å². The first-order valence-corrected chi connectivity index (χ1v) is 6.55. The molecule has 1 atom stereocenters. The van der Waals surface area contributed by atoms with Crippen LogP contribution < -0.4 is 5.32 Å². The summed E-state index contributed by atoms with van der Waals surface area (Å²) in [5.41, 5.74) is 2.13. The van der Waals surface area contributed by atoms with Crippen LogP contribution in [0.3, 0.4) is 0 Å². The zero-order chi connectivity index (χ0) is 14.7. The third-order valence-electron chi connectivity index (χ3n) is 3.16. The van der Waals surface area contributed by atoms with Gasteiger partial charge in [-0.25, -0.2) is 19.3 Å². The minimum Gasteiger partial charge on any atom is -0.348 e. The molecule has 0 bridgehead atoms. The molecule has 0 aliphatic heterocycles. The number of nitrogens with one attached hydrogen (secondary N) is 1. The Kier molecular flexibility index (Phi) is 3.59. The monoisotopic (exact) mass is 283 g/mol. The van der Waals surface area contributed by atoms with E-state index >= 15 is 0 Å². The lowest BCUT2D eigenvalue weighted by Crippen LogP contribution is -2.09. The van der Waals surface area contributed by atoms with Gasteiger partial charge in [-0.1, -0.05) is 12.1 Å². The van der Waals surface area contributed by atoms with Crippen molar-refractivity contribution in [1.82, 2.24) is 19.5 Å². The van der Waals surface area contributed by atoms with E-state index < -0.39 is 5.82 Å². The van der Waals surface area contributed by atoms with Crippen LogP contribution in [-0.2, 0) is 0 Å². The highest BCUT2D eigenvalue weighted by Gasteiger charge is 2.07. The van der Waals surface area contributed by atoms with Crippen molar-refractivity contribution in [2.45, 2.75) is 13.0 Å². The summed E-state index contributed by atoms with van der Waals surface area (Å²) < 4.78 is 14.7. The number of imidazole rings is 1. The van der Waals surface area contributed by atoms with Gasteiger partial charge in [0.2, 0.25) is 5.95 Å². The van der Waals surface area contributed by atoms with Crippen molar-refractivity contribution < 1.29 is 4.39 Å². The predicted molar refractivity (Wildman–Crippen MR) is 77.6 cm³/mol. The lowest BCUT2D eigenvalue weighted by molar-refractivity contribution is 0.613. The number of hydrogen-bond acceptors (Lipinski definition) is 4. The maximum atomic E-state index is 12.8. The van der Waals surface area contributed by atoms with Crippen LogP contribution in [0.4, 0.5) is 10.3 Å².